The molecule has 0 aliphatic carbocycles. The predicted octanol–water partition coefficient (Wildman–Crippen LogP) is -0.489. The molecule has 1 rings (SSSR count). The Morgan fingerprint density at radius 1 is 1.50 bits per heavy atom. The van der Waals surface area contributed by atoms with E-state index in [1.807, 2.05) is 0 Å². The van der Waals surface area contributed by atoms with E-state index in [-0.39, 0.29) is 11.2 Å². The summed E-state index contributed by atoms with van der Waals surface area (Å²) in [4.78, 5) is 14.3. The third kappa shape index (κ3) is 2.25. The Balaban J connectivity index is 3.23. The van der Waals surface area contributed by atoms with Crippen LogP contribution in [0.2, 0.25) is 0 Å². The fraction of sp³-hybridized carbons (Fsp3) is 0.286. The zero-order valence-corrected chi connectivity index (χ0v) is 8.93. The number of carbonyl (C=O) groups excluding carboxylic acids is 1. The molecule has 0 aliphatic rings. The second-order valence-corrected chi connectivity index (χ2v) is 4.17. The van der Waals surface area contributed by atoms with Crippen molar-refractivity contribution in [1.82, 2.24) is 4.73 Å². The zero-order valence-electron chi connectivity index (χ0n) is 8.11. The van der Waals surface area contributed by atoms with Gasteiger partial charge >= 0.3 is 5.97 Å². The number of hydrogen-bond donors (Lipinski definition) is 3. The highest BCUT2D eigenvalue weighted by atomic mass is 32.2. The van der Waals surface area contributed by atoms with Gasteiger partial charge in [0.2, 0.25) is 5.88 Å². The van der Waals surface area contributed by atoms with Gasteiger partial charge in [-0.25, -0.2) is 4.79 Å². The third-order valence-electron chi connectivity index (χ3n) is 1.64. The van der Waals surface area contributed by atoms with E-state index in [0.29, 0.717) is 6.07 Å². The first-order chi connectivity index (χ1) is 7.27. The van der Waals surface area contributed by atoms with E-state index < -0.39 is 32.7 Å². The van der Waals surface area contributed by atoms with Crippen LogP contribution >= 0.6 is 0 Å². The summed E-state index contributed by atoms with van der Waals surface area (Å²) >= 11 is 0. The highest BCUT2D eigenvalue weighted by molar-refractivity contribution is 7.86. The van der Waals surface area contributed by atoms with Crippen LogP contribution in [0.3, 0.4) is 0 Å². The molecule has 16 heavy (non-hydrogen) atoms. The van der Waals surface area contributed by atoms with Gasteiger partial charge in [0.1, 0.15) is 0 Å². The van der Waals surface area contributed by atoms with Crippen molar-refractivity contribution < 1.29 is 32.8 Å². The summed E-state index contributed by atoms with van der Waals surface area (Å²) in [7, 11) is -4.70. The van der Waals surface area contributed by atoms with Gasteiger partial charge in [-0.2, -0.15) is 8.42 Å². The maximum Gasteiger partial charge on any atom is 0.332 e. The molecule has 9 heteroatoms. The summed E-state index contributed by atoms with van der Waals surface area (Å²) in [5.74, 6) is -2.71. The second kappa shape index (κ2) is 4.02. The van der Waals surface area contributed by atoms with E-state index in [1.165, 1.54) is 6.92 Å². The van der Waals surface area contributed by atoms with Crippen molar-refractivity contribution in [2.24, 2.45) is 0 Å². The summed E-state index contributed by atoms with van der Waals surface area (Å²) in [5, 5.41) is 18.4. The molecule has 0 saturated heterocycles. The lowest BCUT2D eigenvalue weighted by Crippen LogP contribution is -2.17. The lowest BCUT2D eigenvalue weighted by atomic mass is 10.5. The SMILES string of the molecule is CCC(=O)On1c(O)cc(S(=O)(=O)O)c1O. The van der Waals surface area contributed by atoms with Gasteiger partial charge in [0.25, 0.3) is 16.0 Å². The molecule has 0 aromatic carbocycles. The van der Waals surface area contributed by atoms with Crippen LogP contribution < -0.4 is 4.84 Å². The maximum absolute atomic E-state index is 10.9. The van der Waals surface area contributed by atoms with Crippen LogP contribution in [-0.4, -0.2) is 33.9 Å². The van der Waals surface area contributed by atoms with Crippen LogP contribution in [0.15, 0.2) is 11.0 Å². The first-order valence-electron chi connectivity index (χ1n) is 4.09. The maximum atomic E-state index is 10.9. The topological polar surface area (TPSA) is 126 Å². The molecule has 3 N–H and O–H groups in total. The van der Waals surface area contributed by atoms with Crippen molar-refractivity contribution in [3.8, 4) is 11.8 Å². The third-order valence-corrected chi connectivity index (χ3v) is 2.50. The molecule has 0 bridgehead atoms. The summed E-state index contributed by atoms with van der Waals surface area (Å²) in [6.07, 6.45) is -0.0434. The summed E-state index contributed by atoms with van der Waals surface area (Å²) < 4.78 is 30.3. The number of aromatic nitrogens is 1. The number of aromatic hydroxyl groups is 2. The van der Waals surface area contributed by atoms with E-state index in [1.54, 1.807) is 0 Å². The molecule has 0 amide bonds. The van der Waals surface area contributed by atoms with Gasteiger partial charge < -0.3 is 15.1 Å². The smallest absolute Gasteiger partial charge is 0.332 e. The van der Waals surface area contributed by atoms with Crippen LogP contribution in [-0.2, 0) is 14.9 Å². The number of nitrogens with zero attached hydrogens (tertiary/aromatic N) is 1. The van der Waals surface area contributed by atoms with E-state index in [0.717, 1.165) is 0 Å². The standard InChI is InChI=1S/C7H9NO7S/c1-2-6(10)15-8-5(9)3-4(7(8)11)16(12,13)14/h3,9,11H,2H2,1H3,(H,12,13,14). The Bertz CT molecular complexity index is 515. The van der Waals surface area contributed by atoms with Gasteiger partial charge in [0.15, 0.2) is 4.90 Å². The number of hydrogen-bond acceptors (Lipinski definition) is 6. The second-order valence-electron chi connectivity index (χ2n) is 2.78. The molecule has 0 saturated carbocycles. The quantitative estimate of drug-likeness (QED) is 0.619. The first-order valence-corrected chi connectivity index (χ1v) is 5.53. The Morgan fingerprint density at radius 3 is 2.44 bits per heavy atom. The molecule has 0 unspecified atom stereocenters. The molecule has 0 aliphatic heterocycles. The fourth-order valence-electron chi connectivity index (χ4n) is 0.895. The molecule has 0 radical (unpaired) electrons. The number of rotatable bonds is 3. The Kier molecular flexibility index (Phi) is 3.10. The van der Waals surface area contributed by atoms with Gasteiger partial charge in [-0.15, -0.1) is 4.73 Å². The van der Waals surface area contributed by atoms with Gasteiger partial charge in [0, 0.05) is 12.5 Å². The summed E-state index contributed by atoms with van der Waals surface area (Å²) in [5.41, 5.74) is 0. The van der Waals surface area contributed by atoms with E-state index >= 15 is 0 Å². The molecule has 1 aromatic heterocycles. The minimum atomic E-state index is -4.70. The van der Waals surface area contributed by atoms with Crippen LogP contribution in [0.5, 0.6) is 11.8 Å². The number of carbonyl (C=O) groups is 1. The lowest BCUT2D eigenvalue weighted by molar-refractivity contribution is -0.145. The molecule has 1 aromatic rings. The highest BCUT2D eigenvalue weighted by Gasteiger charge is 2.25. The average Bonchev–Trinajstić information content (AvgIpc) is 2.44. The van der Waals surface area contributed by atoms with Crippen molar-refractivity contribution in [1.29, 1.82) is 0 Å². The van der Waals surface area contributed by atoms with E-state index in [2.05, 4.69) is 4.84 Å². The largest absolute Gasteiger partial charge is 0.492 e. The van der Waals surface area contributed by atoms with Crippen molar-refractivity contribution in [2.45, 2.75) is 18.2 Å². The van der Waals surface area contributed by atoms with Crippen LogP contribution in [0.25, 0.3) is 0 Å². The molecule has 90 valence electrons. The minimum absolute atomic E-state index is 0.0434. The normalized spacial score (nSPS) is 11.4. The summed E-state index contributed by atoms with van der Waals surface area (Å²) in [6.45, 7) is 1.46. The van der Waals surface area contributed by atoms with Crippen molar-refractivity contribution in [3.05, 3.63) is 6.07 Å². The molecule has 0 atom stereocenters. The van der Waals surface area contributed by atoms with E-state index in [9.17, 15) is 23.4 Å². The zero-order chi connectivity index (χ0) is 12.5. The van der Waals surface area contributed by atoms with Crippen molar-refractivity contribution in [2.75, 3.05) is 0 Å². The highest BCUT2D eigenvalue weighted by Crippen LogP contribution is 2.29. The van der Waals surface area contributed by atoms with Crippen molar-refractivity contribution in [3.63, 3.8) is 0 Å². The van der Waals surface area contributed by atoms with Crippen LogP contribution in [0.4, 0.5) is 0 Å². The van der Waals surface area contributed by atoms with E-state index in [4.69, 9.17) is 4.55 Å². The lowest BCUT2D eigenvalue weighted by Gasteiger charge is -2.05. The Labute approximate surface area is 90.4 Å². The Morgan fingerprint density at radius 2 is 2.06 bits per heavy atom. The van der Waals surface area contributed by atoms with Gasteiger partial charge in [-0.1, -0.05) is 6.92 Å². The average molecular weight is 251 g/mol. The molecule has 0 spiro atoms. The molecular weight excluding hydrogens is 242 g/mol. The van der Waals surface area contributed by atoms with Gasteiger partial charge in [-0.05, 0) is 0 Å². The predicted molar refractivity (Wildman–Crippen MR) is 49.5 cm³/mol. The molecule has 1 heterocycles. The van der Waals surface area contributed by atoms with Crippen molar-refractivity contribution >= 4 is 16.1 Å². The van der Waals surface area contributed by atoms with Crippen LogP contribution in [0.1, 0.15) is 13.3 Å². The van der Waals surface area contributed by atoms with Crippen LogP contribution in [0, 0.1) is 0 Å². The molecule has 0 fully saturated rings. The summed E-state index contributed by atoms with van der Waals surface area (Å²) in [6, 6.07) is 0.549. The van der Waals surface area contributed by atoms with Gasteiger partial charge in [0.05, 0.1) is 0 Å². The molecular formula is C7H9NO7S. The first kappa shape index (κ1) is 12.3. The monoisotopic (exact) mass is 251 g/mol. The Hall–Kier alpha value is -1.74. The fourth-order valence-corrected chi connectivity index (χ4v) is 1.46. The molecule has 8 nitrogen and oxygen atoms in total. The minimum Gasteiger partial charge on any atom is -0.492 e. The van der Waals surface area contributed by atoms with Gasteiger partial charge in [-0.3, -0.25) is 4.55 Å².